The highest BCUT2D eigenvalue weighted by Gasteiger charge is 2.24. The number of ketones is 1. The number of benzene rings is 1. The second-order valence-electron chi connectivity index (χ2n) is 8.51. The van der Waals surface area contributed by atoms with Gasteiger partial charge in [0.2, 0.25) is 5.69 Å². The van der Waals surface area contributed by atoms with Crippen LogP contribution in [0.5, 0.6) is 0 Å². The summed E-state index contributed by atoms with van der Waals surface area (Å²) < 4.78 is 0. The van der Waals surface area contributed by atoms with E-state index in [1.54, 1.807) is 11.8 Å². The van der Waals surface area contributed by atoms with E-state index in [2.05, 4.69) is 39.9 Å². The fourth-order valence-electron chi connectivity index (χ4n) is 4.09. The molecule has 0 saturated carbocycles. The lowest BCUT2D eigenvalue weighted by Crippen LogP contribution is -2.29. The number of hydrogen-bond donors (Lipinski definition) is 1. The first-order valence-corrected chi connectivity index (χ1v) is 12.7. The summed E-state index contributed by atoms with van der Waals surface area (Å²) in [5, 5.41) is 10.6. The predicted octanol–water partition coefficient (Wildman–Crippen LogP) is 3.96. The highest BCUT2D eigenvalue weighted by atomic mass is 32.2. The van der Waals surface area contributed by atoms with Gasteiger partial charge in [-0.05, 0) is 49.5 Å². The van der Waals surface area contributed by atoms with Crippen molar-refractivity contribution in [2.24, 2.45) is 5.73 Å². The molecule has 0 radical (unpaired) electrons. The Kier molecular flexibility index (Phi) is 9.47. The predicted molar refractivity (Wildman–Crippen MR) is 137 cm³/mol. The molecule has 2 aromatic rings. The number of likely N-dealkylation sites (N-methyl/N-ethyl adjacent to an activating group) is 1. The number of carbonyl (C=O) groups excluding carboxylic acids is 1. The Balaban J connectivity index is 1.84. The Bertz CT molecular complexity index is 1090. The first-order valence-electron chi connectivity index (χ1n) is 11.7. The van der Waals surface area contributed by atoms with Gasteiger partial charge in [-0.15, -0.1) is 11.8 Å². The number of aryl methyl sites for hydroxylation is 1. The third kappa shape index (κ3) is 6.36. The Morgan fingerprint density at radius 3 is 2.62 bits per heavy atom. The molecule has 1 aromatic carbocycles. The van der Waals surface area contributed by atoms with Crippen LogP contribution in [0.4, 0.5) is 11.5 Å². The molecule has 34 heavy (non-hydrogen) atoms. The lowest BCUT2D eigenvalue weighted by molar-refractivity contribution is -0.117. The van der Waals surface area contributed by atoms with Crippen molar-refractivity contribution >= 4 is 29.1 Å². The highest BCUT2D eigenvalue weighted by Crippen LogP contribution is 2.39. The molecule has 178 valence electrons. The average molecular weight is 477 g/mol. The van der Waals surface area contributed by atoms with Gasteiger partial charge in [0.25, 0.3) is 0 Å². The molecule has 1 aliphatic rings. The Morgan fingerprint density at radius 1 is 1.24 bits per heavy atom. The number of nitrogens with two attached hydrogens (primary N) is 1. The van der Waals surface area contributed by atoms with Gasteiger partial charge in [0.15, 0.2) is 0 Å². The van der Waals surface area contributed by atoms with E-state index in [-0.39, 0.29) is 12.3 Å². The van der Waals surface area contributed by atoms with E-state index in [1.165, 1.54) is 0 Å². The largest absolute Gasteiger partial charge is 0.364 e. The van der Waals surface area contributed by atoms with Gasteiger partial charge in [0.1, 0.15) is 22.7 Å². The molecule has 0 amide bonds. The van der Waals surface area contributed by atoms with Crippen LogP contribution in [0.25, 0.3) is 4.85 Å². The maximum Gasteiger partial charge on any atom is 0.232 e. The van der Waals surface area contributed by atoms with Crippen molar-refractivity contribution in [3.63, 3.8) is 0 Å². The van der Waals surface area contributed by atoms with Crippen LogP contribution in [0.1, 0.15) is 42.0 Å². The van der Waals surface area contributed by atoms with E-state index in [9.17, 15) is 10.1 Å². The molecular formula is C26H32N6OS. The van der Waals surface area contributed by atoms with Crippen LogP contribution in [-0.2, 0) is 23.4 Å². The molecule has 1 aliphatic heterocycles. The van der Waals surface area contributed by atoms with Crippen LogP contribution in [0.3, 0.4) is 0 Å². The molecule has 1 fully saturated rings. The Morgan fingerprint density at radius 2 is 1.97 bits per heavy atom. The number of nitriles is 1. The molecule has 0 aliphatic carbocycles. The molecule has 0 unspecified atom stereocenters. The maximum absolute atomic E-state index is 11.5. The van der Waals surface area contributed by atoms with Crippen LogP contribution in [-0.4, -0.2) is 55.4 Å². The van der Waals surface area contributed by atoms with Crippen molar-refractivity contribution in [2.75, 3.05) is 44.7 Å². The van der Waals surface area contributed by atoms with Gasteiger partial charge in [-0.3, -0.25) is 4.79 Å². The van der Waals surface area contributed by atoms with Crippen LogP contribution < -0.4 is 10.6 Å². The van der Waals surface area contributed by atoms with E-state index in [1.807, 2.05) is 19.1 Å². The molecular weight excluding hydrogens is 444 g/mol. The third-order valence-corrected chi connectivity index (χ3v) is 7.18. The minimum Gasteiger partial charge on any atom is -0.364 e. The number of pyridine rings is 1. The van der Waals surface area contributed by atoms with Gasteiger partial charge in [-0.2, -0.15) is 5.26 Å². The van der Waals surface area contributed by atoms with Gasteiger partial charge in [-0.25, -0.2) is 9.83 Å². The lowest BCUT2D eigenvalue weighted by atomic mass is 10.1. The summed E-state index contributed by atoms with van der Waals surface area (Å²) in [6.07, 6.45) is 2.79. The number of rotatable bonds is 9. The van der Waals surface area contributed by atoms with Crippen LogP contribution in [0.15, 0.2) is 29.3 Å². The number of Topliss-reactive ketones (excluding diaryl/α,β-unsaturated/α-hetero) is 1. The van der Waals surface area contributed by atoms with Gasteiger partial charge < -0.3 is 15.5 Å². The highest BCUT2D eigenvalue weighted by molar-refractivity contribution is 7.98. The topological polar surface area (TPSA) is 90.6 Å². The molecule has 3 rings (SSSR count). The van der Waals surface area contributed by atoms with Crippen molar-refractivity contribution in [3.05, 3.63) is 57.9 Å². The Labute approximate surface area is 206 Å². The number of carbonyl (C=O) groups is 1. The molecule has 1 aromatic heterocycles. The number of anilines is 1. The number of hydrogen-bond acceptors (Lipinski definition) is 7. The monoisotopic (exact) mass is 476 g/mol. The van der Waals surface area contributed by atoms with Crippen molar-refractivity contribution in [2.45, 2.75) is 43.4 Å². The zero-order valence-corrected chi connectivity index (χ0v) is 20.8. The smallest absolute Gasteiger partial charge is 0.232 e. The summed E-state index contributed by atoms with van der Waals surface area (Å²) in [4.78, 5) is 24.7. The van der Waals surface area contributed by atoms with Gasteiger partial charge in [-0.1, -0.05) is 31.2 Å². The van der Waals surface area contributed by atoms with E-state index < -0.39 is 0 Å². The standard InChI is InChI=1S/C26H32N6OS/c1-4-22-23(17-28)26(30-25(24(22)29-2)32-13-5-12-31(3)14-15-32)34-18-20-8-6-19(7-9-20)10-11-21(33)16-27/h6-9H,4-5,10-16,18,27H2,1,3H3. The van der Waals surface area contributed by atoms with Crippen molar-refractivity contribution in [1.29, 1.82) is 5.26 Å². The van der Waals surface area contributed by atoms with E-state index in [4.69, 9.17) is 17.3 Å². The summed E-state index contributed by atoms with van der Waals surface area (Å²) in [6.45, 7) is 13.5. The molecule has 2 heterocycles. The van der Waals surface area contributed by atoms with Crippen LogP contribution in [0.2, 0.25) is 0 Å². The number of nitrogens with zero attached hydrogens (tertiary/aromatic N) is 5. The van der Waals surface area contributed by atoms with Crippen molar-refractivity contribution < 1.29 is 4.79 Å². The fraction of sp³-hybridized carbons (Fsp3) is 0.462. The first kappa shape index (κ1) is 25.7. The molecule has 0 spiro atoms. The first-order chi connectivity index (χ1) is 16.5. The minimum atomic E-state index is 0.0659. The van der Waals surface area contributed by atoms with E-state index in [0.29, 0.717) is 47.1 Å². The molecule has 0 bridgehead atoms. The average Bonchev–Trinajstić information content (AvgIpc) is 3.09. The normalized spacial score (nSPS) is 14.3. The summed E-state index contributed by atoms with van der Waals surface area (Å²) in [5.74, 6) is 1.45. The lowest BCUT2D eigenvalue weighted by Gasteiger charge is -2.25. The van der Waals surface area contributed by atoms with Crippen LogP contribution in [0, 0.1) is 17.9 Å². The van der Waals surface area contributed by atoms with Gasteiger partial charge in [0, 0.05) is 31.8 Å². The maximum atomic E-state index is 11.5. The zero-order valence-electron chi connectivity index (χ0n) is 20.0. The second-order valence-corrected chi connectivity index (χ2v) is 9.48. The zero-order chi connectivity index (χ0) is 24.5. The van der Waals surface area contributed by atoms with E-state index >= 15 is 0 Å². The summed E-state index contributed by atoms with van der Waals surface area (Å²) in [7, 11) is 2.12. The quantitative estimate of drug-likeness (QED) is 0.433. The van der Waals surface area contributed by atoms with Gasteiger partial charge >= 0.3 is 0 Å². The number of thioether (sulfide) groups is 1. The summed E-state index contributed by atoms with van der Waals surface area (Å²) >= 11 is 1.54. The van der Waals surface area contributed by atoms with Crippen LogP contribution >= 0.6 is 11.8 Å². The molecule has 8 heteroatoms. The molecule has 0 atom stereocenters. The number of aromatic nitrogens is 1. The second kappa shape index (κ2) is 12.5. The fourth-order valence-corrected chi connectivity index (χ4v) is 5.05. The minimum absolute atomic E-state index is 0.0659. The van der Waals surface area contributed by atoms with Crippen molar-refractivity contribution in [3.8, 4) is 6.07 Å². The summed E-state index contributed by atoms with van der Waals surface area (Å²) in [5.41, 5.74) is 9.44. The SMILES string of the molecule is [C-]#[N+]c1c(N2CCCN(C)CC2)nc(SCc2ccc(CCC(=O)CN)cc2)c(C#N)c1CC. The van der Waals surface area contributed by atoms with Gasteiger partial charge in [0.05, 0.1) is 18.7 Å². The Hall–Kier alpha value is -2.91. The third-order valence-electron chi connectivity index (χ3n) is 6.14. The van der Waals surface area contributed by atoms with Crippen molar-refractivity contribution in [1.82, 2.24) is 9.88 Å². The molecule has 7 nitrogen and oxygen atoms in total. The molecule has 2 N–H and O–H groups in total. The molecule has 1 saturated heterocycles. The summed E-state index contributed by atoms with van der Waals surface area (Å²) in [6, 6.07) is 10.5. The van der Waals surface area contributed by atoms with E-state index in [0.717, 1.165) is 49.3 Å².